The number of hydrogen-bond acceptors (Lipinski definition) is 5. The fourth-order valence-electron chi connectivity index (χ4n) is 2.64. The van der Waals surface area contributed by atoms with Crippen molar-refractivity contribution in [1.29, 1.82) is 0 Å². The summed E-state index contributed by atoms with van der Waals surface area (Å²) in [7, 11) is 0. The van der Waals surface area contributed by atoms with Crippen molar-refractivity contribution < 1.29 is 9.26 Å². The molecule has 2 heterocycles. The molecule has 0 bridgehead atoms. The fraction of sp³-hybridized carbons (Fsp3) is 0.500. The number of ether oxygens (including phenoxy) is 1. The maximum Gasteiger partial charge on any atom is 0.233 e. The molecule has 5 heteroatoms. The second-order valence-electron chi connectivity index (χ2n) is 5.52. The van der Waals surface area contributed by atoms with Gasteiger partial charge in [-0.15, -0.1) is 0 Å². The second kappa shape index (κ2) is 6.37. The third-order valence-electron chi connectivity index (χ3n) is 3.83. The molecule has 1 aromatic carbocycles. The van der Waals surface area contributed by atoms with Crippen molar-refractivity contribution in [3.63, 3.8) is 0 Å². The van der Waals surface area contributed by atoms with Gasteiger partial charge in [0.05, 0.1) is 19.1 Å². The van der Waals surface area contributed by atoms with E-state index in [2.05, 4.69) is 53.6 Å². The molecule has 0 aliphatic carbocycles. The van der Waals surface area contributed by atoms with Crippen molar-refractivity contribution in [1.82, 2.24) is 15.5 Å². The monoisotopic (exact) mass is 287 g/mol. The van der Waals surface area contributed by atoms with Crippen molar-refractivity contribution in [2.45, 2.75) is 32.2 Å². The molecule has 2 unspecified atom stereocenters. The molecular weight excluding hydrogens is 266 g/mol. The molecule has 2 aromatic rings. The van der Waals surface area contributed by atoms with Crippen LogP contribution in [0.3, 0.4) is 0 Å². The molecule has 0 amide bonds. The molecule has 1 aliphatic rings. The molecule has 5 nitrogen and oxygen atoms in total. The quantitative estimate of drug-likeness (QED) is 0.912. The van der Waals surface area contributed by atoms with Gasteiger partial charge in [-0.3, -0.25) is 0 Å². The zero-order chi connectivity index (χ0) is 14.7. The molecule has 0 saturated carbocycles. The molecule has 112 valence electrons. The van der Waals surface area contributed by atoms with Crippen LogP contribution >= 0.6 is 0 Å². The van der Waals surface area contributed by atoms with E-state index in [-0.39, 0.29) is 12.0 Å². The van der Waals surface area contributed by atoms with Crippen LogP contribution in [0.15, 0.2) is 28.8 Å². The molecule has 0 spiro atoms. The number of aromatic nitrogens is 2. The van der Waals surface area contributed by atoms with Gasteiger partial charge in [-0.05, 0) is 19.0 Å². The molecule has 21 heavy (non-hydrogen) atoms. The molecule has 2 atom stereocenters. The highest BCUT2D eigenvalue weighted by atomic mass is 16.5. The minimum atomic E-state index is 0.157. The summed E-state index contributed by atoms with van der Waals surface area (Å²) in [4.78, 5) is 4.54. The smallest absolute Gasteiger partial charge is 0.233 e. The molecule has 1 aromatic heterocycles. The Labute approximate surface area is 124 Å². The molecule has 1 aliphatic heterocycles. The Bertz CT molecular complexity index is 579. The summed E-state index contributed by atoms with van der Waals surface area (Å²) < 4.78 is 11.0. The van der Waals surface area contributed by atoms with Crippen LogP contribution in [0, 0.1) is 6.92 Å². The number of likely N-dealkylation sites (N-methyl/N-ethyl adjacent to an activating group) is 1. The SMILES string of the molecule is CCNC1COCC1c1nc(Cc2ccc(C)cc2)no1. The topological polar surface area (TPSA) is 60.2 Å². The summed E-state index contributed by atoms with van der Waals surface area (Å²) in [6.07, 6.45) is 0.698. The van der Waals surface area contributed by atoms with Gasteiger partial charge in [0.1, 0.15) is 0 Å². The van der Waals surface area contributed by atoms with E-state index in [1.54, 1.807) is 0 Å². The van der Waals surface area contributed by atoms with E-state index >= 15 is 0 Å². The maximum atomic E-state index is 5.53. The summed E-state index contributed by atoms with van der Waals surface area (Å²) in [5.41, 5.74) is 2.45. The Morgan fingerprint density at radius 2 is 2.05 bits per heavy atom. The van der Waals surface area contributed by atoms with Gasteiger partial charge in [-0.1, -0.05) is 41.9 Å². The highest BCUT2D eigenvalue weighted by Gasteiger charge is 2.33. The summed E-state index contributed by atoms with van der Waals surface area (Å²) in [5, 5.41) is 7.51. The number of nitrogens with one attached hydrogen (secondary N) is 1. The Hall–Kier alpha value is -1.72. The summed E-state index contributed by atoms with van der Waals surface area (Å²) >= 11 is 0. The van der Waals surface area contributed by atoms with Crippen LogP contribution in [-0.2, 0) is 11.2 Å². The van der Waals surface area contributed by atoms with Crippen LogP contribution in [0.2, 0.25) is 0 Å². The van der Waals surface area contributed by atoms with E-state index in [0.717, 1.165) is 12.4 Å². The minimum Gasteiger partial charge on any atom is -0.379 e. The van der Waals surface area contributed by atoms with Crippen LogP contribution in [0.4, 0.5) is 0 Å². The van der Waals surface area contributed by atoms with Gasteiger partial charge in [-0.2, -0.15) is 4.98 Å². The first-order valence-electron chi connectivity index (χ1n) is 7.45. The number of hydrogen-bond donors (Lipinski definition) is 1. The van der Waals surface area contributed by atoms with Crippen LogP contribution in [0.5, 0.6) is 0 Å². The first kappa shape index (κ1) is 14.2. The van der Waals surface area contributed by atoms with E-state index in [1.165, 1.54) is 11.1 Å². The Morgan fingerprint density at radius 1 is 1.24 bits per heavy atom. The van der Waals surface area contributed by atoms with Gasteiger partial charge < -0.3 is 14.6 Å². The van der Waals surface area contributed by atoms with Crippen molar-refractivity contribution in [2.24, 2.45) is 0 Å². The largest absolute Gasteiger partial charge is 0.379 e. The Morgan fingerprint density at radius 3 is 2.81 bits per heavy atom. The van der Waals surface area contributed by atoms with Gasteiger partial charge in [-0.25, -0.2) is 0 Å². The molecule has 1 saturated heterocycles. The molecule has 1 fully saturated rings. The average Bonchev–Trinajstić information content (AvgIpc) is 3.11. The lowest BCUT2D eigenvalue weighted by Gasteiger charge is -2.13. The van der Waals surface area contributed by atoms with Crippen LogP contribution in [0.25, 0.3) is 0 Å². The predicted octanol–water partition coefficient (Wildman–Crippen LogP) is 2.06. The molecular formula is C16H21N3O2. The van der Waals surface area contributed by atoms with Crippen LogP contribution in [-0.4, -0.2) is 35.9 Å². The summed E-state index contributed by atoms with van der Waals surface area (Å²) in [6.45, 7) is 6.43. The first-order valence-corrected chi connectivity index (χ1v) is 7.45. The van der Waals surface area contributed by atoms with Gasteiger partial charge >= 0.3 is 0 Å². The fourth-order valence-corrected chi connectivity index (χ4v) is 2.64. The lowest BCUT2D eigenvalue weighted by molar-refractivity contribution is 0.185. The second-order valence-corrected chi connectivity index (χ2v) is 5.52. The third kappa shape index (κ3) is 3.31. The summed E-state index contributed by atoms with van der Waals surface area (Å²) in [5.74, 6) is 1.57. The van der Waals surface area contributed by atoms with Crippen LogP contribution < -0.4 is 5.32 Å². The average molecular weight is 287 g/mol. The van der Waals surface area contributed by atoms with Gasteiger partial charge in [0.2, 0.25) is 5.89 Å². The van der Waals surface area contributed by atoms with E-state index in [1.807, 2.05) is 0 Å². The Balaban J connectivity index is 1.69. The maximum absolute atomic E-state index is 5.53. The van der Waals surface area contributed by atoms with E-state index in [0.29, 0.717) is 25.5 Å². The first-order chi connectivity index (χ1) is 10.3. The molecule has 1 N–H and O–H groups in total. The number of benzene rings is 1. The zero-order valence-electron chi connectivity index (χ0n) is 12.5. The third-order valence-corrected chi connectivity index (χ3v) is 3.83. The highest BCUT2D eigenvalue weighted by molar-refractivity contribution is 5.23. The van der Waals surface area contributed by atoms with Crippen molar-refractivity contribution in [2.75, 3.05) is 19.8 Å². The van der Waals surface area contributed by atoms with Crippen molar-refractivity contribution in [3.05, 3.63) is 47.1 Å². The van der Waals surface area contributed by atoms with Gasteiger partial charge in [0.15, 0.2) is 5.82 Å². The van der Waals surface area contributed by atoms with E-state index < -0.39 is 0 Å². The molecule has 0 radical (unpaired) electrons. The van der Waals surface area contributed by atoms with Crippen molar-refractivity contribution in [3.8, 4) is 0 Å². The minimum absolute atomic E-state index is 0.157. The van der Waals surface area contributed by atoms with E-state index in [9.17, 15) is 0 Å². The van der Waals surface area contributed by atoms with Crippen molar-refractivity contribution >= 4 is 0 Å². The van der Waals surface area contributed by atoms with E-state index in [4.69, 9.17) is 9.26 Å². The predicted molar refractivity (Wildman–Crippen MR) is 79.3 cm³/mol. The number of nitrogens with zero attached hydrogens (tertiary/aromatic N) is 2. The zero-order valence-corrected chi connectivity index (χ0v) is 12.5. The lowest BCUT2D eigenvalue weighted by atomic mass is 10.0. The normalized spacial score (nSPS) is 21.8. The highest BCUT2D eigenvalue weighted by Crippen LogP contribution is 2.24. The summed E-state index contributed by atoms with van der Waals surface area (Å²) in [6, 6.07) is 8.67. The number of aryl methyl sites for hydroxylation is 1. The number of rotatable bonds is 5. The van der Waals surface area contributed by atoms with Gasteiger partial charge in [0.25, 0.3) is 0 Å². The standard InChI is InChI=1S/C16H21N3O2/c1-3-17-14-10-20-9-13(14)16-18-15(19-21-16)8-12-6-4-11(2)5-7-12/h4-7,13-14,17H,3,8-10H2,1-2H3. The molecule has 3 rings (SSSR count). The Kier molecular flexibility index (Phi) is 4.31. The van der Waals surface area contributed by atoms with Gasteiger partial charge in [0, 0.05) is 12.5 Å². The van der Waals surface area contributed by atoms with Crippen LogP contribution in [0.1, 0.15) is 35.7 Å². The lowest BCUT2D eigenvalue weighted by Crippen LogP contribution is -2.34.